The van der Waals surface area contributed by atoms with Gasteiger partial charge in [0.15, 0.2) is 0 Å². The molecule has 0 atom stereocenters. The van der Waals surface area contributed by atoms with Crippen LogP contribution in [0.25, 0.3) is 0 Å². The van der Waals surface area contributed by atoms with Gasteiger partial charge < -0.3 is 19.5 Å². The molecular weight excluding hydrogens is 242 g/mol. The molecule has 1 saturated carbocycles. The third-order valence-electron chi connectivity index (χ3n) is 3.71. The maximum atomic E-state index is 9.32. The molecule has 0 aliphatic heterocycles. The van der Waals surface area contributed by atoms with Gasteiger partial charge in [0.1, 0.15) is 11.5 Å². The molecule has 2 rings (SSSR count). The van der Waals surface area contributed by atoms with Gasteiger partial charge in [-0.05, 0) is 44.0 Å². The molecule has 0 saturated heterocycles. The minimum Gasteiger partial charge on any atom is -0.497 e. The third kappa shape index (κ3) is 3.61. The molecule has 4 heteroatoms. The van der Waals surface area contributed by atoms with Crippen molar-refractivity contribution >= 4 is 0 Å². The van der Waals surface area contributed by atoms with Crippen LogP contribution in [0.3, 0.4) is 0 Å². The molecular formula is C15H23NO3. The highest BCUT2D eigenvalue weighted by Crippen LogP contribution is 2.29. The second-order valence-electron chi connectivity index (χ2n) is 5.37. The maximum Gasteiger partial charge on any atom is 0.123 e. The average Bonchev–Trinajstić information content (AvgIpc) is 2.36. The molecule has 0 unspecified atom stereocenters. The molecule has 1 aromatic carbocycles. The average molecular weight is 265 g/mol. The predicted molar refractivity (Wildman–Crippen MR) is 74.6 cm³/mol. The molecule has 106 valence electrons. The van der Waals surface area contributed by atoms with Crippen LogP contribution in [0.15, 0.2) is 18.2 Å². The summed E-state index contributed by atoms with van der Waals surface area (Å²) in [5, 5.41) is 9.32. The summed E-state index contributed by atoms with van der Waals surface area (Å²) in [6.07, 6.45) is 1.78. The number of ether oxygens (including phenoxy) is 2. The fourth-order valence-electron chi connectivity index (χ4n) is 2.65. The molecule has 0 amide bonds. The van der Waals surface area contributed by atoms with Crippen LogP contribution in [0.1, 0.15) is 18.4 Å². The van der Waals surface area contributed by atoms with E-state index in [0.717, 1.165) is 43.0 Å². The Kier molecular flexibility index (Phi) is 4.66. The molecule has 1 aliphatic carbocycles. The van der Waals surface area contributed by atoms with Gasteiger partial charge in [0, 0.05) is 18.7 Å². The first kappa shape index (κ1) is 14.2. The maximum absolute atomic E-state index is 9.32. The van der Waals surface area contributed by atoms with Gasteiger partial charge in [0.25, 0.3) is 0 Å². The van der Waals surface area contributed by atoms with Crippen molar-refractivity contribution in [1.82, 2.24) is 4.90 Å². The number of hydrogen-bond acceptors (Lipinski definition) is 4. The Labute approximate surface area is 114 Å². The molecule has 19 heavy (non-hydrogen) atoms. The summed E-state index contributed by atoms with van der Waals surface area (Å²) in [7, 11) is 5.46. The van der Waals surface area contributed by atoms with Gasteiger partial charge in [-0.1, -0.05) is 0 Å². The lowest BCUT2D eigenvalue weighted by Gasteiger charge is -2.34. The summed E-state index contributed by atoms with van der Waals surface area (Å²) < 4.78 is 10.6. The van der Waals surface area contributed by atoms with E-state index in [2.05, 4.69) is 11.9 Å². The summed E-state index contributed by atoms with van der Waals surface area (Å²) in [5.41, 5.74) is 1.13. The van der Waals surface area contributed by atoms with Crippen LogP contribution < -0.4 is 9.47 Å². The molecule has 1 aromatic rings. The highest BCUT2D eigenvalue weighted by Gasteiger charge is 2.27. The fourth-order valence-corrected chi connectivity index (χ4v) is 2.65. The summed E-state index contributed by atoms with van der Waals surface area (Å²) >= 11 is 0. The Morgan fingerprint density at radius 2 is 2.00 bits per heavy atom. The molecule has 1 N–H and O–H groups in total. The minimum atomic E-state index is -0.0789. The van der Waals surface area contributed by atoms with Crippen LogP contribution in [-0.2, 0) is 6.54 Å². The second-order valence-corrected chi connectivity index (χ2v) is 5.37. The van der Waals surface area contributed by atoms with Crippen molar-refractivity contribution in [3.63, 3.8) is 0 Å². The van der Waals surface area contributed by atoms with Crippen molar-refractivity contribution in [2.24, 2.45) is 5.92 Å². The number of methoxy groups -OCH3 is 2. The van der Waals surface area contributed by atoms with Crippen LogP contribution in [0.2, 0.25) is 0 Å². The Bertz CT molecular complexity index is 416. The Morgan fingerprint density at radius 3 is 2.58 bits per heavy atom. The topological polar surface area (TPSA) is 41.9 Å². The minimum absolute atomic E-state index is 0.0789. The van der Waals surface area contributed by atoms with Gasteiger partial charge >= 0.3 is 0 Å². The highest BCUT2D eigenvalue weighted by atomic mass is 16.5. The van der Waals surface area contributed by atoms with Crippen molar-refractivity contribution in [1.29, 1.82) is 0 Å². The zero-order chi connectivity index (χ0) is 13.8. The van der Waals surface area contributed by atoms with Gasteiger partial charge in [0.2, 0.25) is 0 Å². The third-order valence-corrected chi connectivity index (χ3v) is 3.71. The number of aliphatic hydroxyl groups excluding tert-OH is 1. The lowest BCUT2D eigenvalue weighted by molar-refractivity contribution is 0.0273. The van der Waals surface area contributed by atoms with Crippen LogP contribution >= 0.6 is 0 Å². The van der Waals surface area contributed by atoms with E-state index < -0.39 is 0 Å². The lowest BCUT2D eigenvalue weighted by Crippen LogP contribution is -2.36. The van der Waals surface area contributed by atoms with E-state index in [9.17, 15) is 5.11 Å². The molecule has 0 radical (unpaired) electrons. The van der Waals surface area contributed by atoms with Crippen LogP contribution in [0.5, 0.6) is 11.5 Å². The molecule has 0 aromatic heterocycles. The SMILES string of the molecule is COc1ccc(OC)c(CN(C)CC2CC(O)C2)c1. The second kappa shape index (κ2) is 6.26. The number of rotatable bonds is 6. The van der Waals surface area contributed by atoms with E-state index >= 15 is 0 Å². The first-order chi connectivity index (χ1) is 9.12. The van der Waals surface area contributed by atoms with Gasteiger partial charge in [0.05, 0.1) is 20.3 Å². The van der Waals surface area contributed by atoms with Crippen molar-refractivity contribution in [3.05, 3.63) is 23.8 Å². The van der Waals surface area contributed by atoms with Crippen LogP contribution in [0.4, 0.5) is 0 Å². The number of hydrogen-bond donors (Lipinski definition) is 1. The lowest BCUT2D eigenvalue weighted by atomic mass is 9.82. The zero-order valence-electron chi connectivity index (χ0n) is 11.9. The van der Waals surface area contributed by atoms with Gasteiger partial charge in [-0.3, -0.25) is 0 Å². The number of benzene rings is 1. The standard InChI is InChI=1S/C15H23NO3/c1-16(9-11-6-13(17)7-11)10-12-8-14(18-2)4-5-15(12)19-3/h4-5,8,11,13,17H,6-7,9-10H2,1-3H3. The smallest absolute Gasteiger partial charge is 0.123 e. The van der Waals surface area contributed by atoms with E-state index in [-0.39, 0.29) is 6.10 Å². The molecule has 1 fully saturated rings. The molecule has 4 nitrogen and oxygen atoms in total. The van der Waals surface area contributed by atoms with E-state index in [1.54, 1.807) is 14.2 Å². The molecule has 0 spiro atoms. The van der Waals surface area contributed by atoms with E-state index in [1.807, 2.05) is 18.2 Å². The van der Waals surface area contributed by atoms with Gasteiger partial charge in [-0.25, -0.2) is 0 Å². The van der Waals surface area contributed by atoms with Crippen molar-refractivity contribution in [2.75, 3.05) is 27.8 Å². The molecule has 0 heterocycles. The Balaban J connectivity index is 1.96. The van der Waals surface area contributed by atoms with Crippen molar-refractivity contribution < 1.29 is 14.6 Å². The monoisotopic (exact) mass is 265 g/mol. The number of nitrogens with zero attached hydrogens (tertiary/aromatic N) is 1. The number of aliphatic hydroxyl groups is 1. The fraction of sp³-hybridized carbons (Fsp3) is 0.600. The van der Waals surface area contributed by atoms with E-state index in [1.165, 1.54) is 0 Å². The van der Waals surface area contributed by atoms with Crippen molar-refractivity contribution in [2.45, 2.75) is 25.5 Å². The zero-order valence-corrected chi connectivity index (χ0v) is 11.9. The largest absolute Gasteiger partial charge is 0.497 e. The Hall–Kier alpha value is -1.26. The van der Waals surface area contributed by atoms with Gasteiger partial charge in [-0.15, -0.1) is 0 Å². The normalized spacial score (nSPS) is 22.2. The summed E-state index contributed by atoms with van der Waals surface area (Å²) in [6, 6.07) is 5.87. The summed E-state index contributed by atoms with van der Waals surface area (Å²) in [4.78, 5) is 2.27. The predicted octanol–water partition coefficient (Wildman–Crippen LogP) is 1.91. The molecule has 0 bridgehead atoms. The van der Waals surface area contributed by atoms with E-state index in [4.69, 9.17) is 9.47 Å². The van der Waals surface area contributed by atoms with Crippen LogP contribution in [-0.4, -0.2) is 43.9 Å². The first-order valence-electron chi connectivity index (χ1n) is 6.70. The summed E-state index contributed by atoms with van der Waals surface area (Å²) in [5.74, 6) is 2.36. The summed E-state index contributed by atoms with van der Waals surface area (Å²) in [6.45, 7) is 1.84. The highest BCUT2D eigenvalue weighted by molar-refractivity contribution is 5.40. The Morgan fingerprint density at radius 1 is 1.26 bits per heavy atom. The quantitative estimate of drug-likeness (QED) is 0.853. The van der Waals surface area contributed by atoms with Gasteiger partial charge in [-0.2, -0.15) is 0 Å². The van der Waals surface area contributed by atoms with E-state index in [0.29, 0.717) is 5.92 Å². The molecule has 1 aliphatic rings. The van der Waals surface area contributed by atoms with Crippen molar-refractivity contribution in [3.8, 4) is 11.5 Å². The van der Waals surface area contributed by atoms with Crippen LogP contribution in [0, 0.1) is 5.92 Å². The first-order valence-corrected chi connectivity index (χ1v) is 6.70.